The highest BCUT2D eigenvalue weighted by Crippen LogP contribution is 2.28. The van der Waals surface area contributed by atoms with Gasteiger partial charge in [-0.15, -0.1) is 0 Å². The number of rotatable bonds is 4. The Morgan fingerprint density at radius 3 is 2.48 bits per heavy atom. The van der Waals surface area contributed by atoms with Crippen molar-refractivity contribution in [2.24, 2.45) is 0 Å². The van der Waals surface area contributed by atoms with Crippen LogP contribution in [-0.2, 0) is 0 Å². The van der Waals surface area contributed by atoms with Crippen LogP contribution in [0.5, 0.6) is 5.75 Å². The van der Waals surface area contributed by atoms with E-state index in [1.54, 1.807) is 0 Å². The molecule has 0 unspecified atom stereocenters. The molecule has 0 spiro atoms. The number of benzene rings is 2. The lowest BCUT2D eigenvalue weighted by atomic mass is 10.1. The van der Waals surface area contributed by atoms with Gasteiger partial charge in [0, 0.05) is 11.6 Å². The summed E-state index contributed by atoms with van der Waals surface area (Å²) in [6.07, 6.45) is 0. The Morgan fingerprint density at radius 1 is 1.17 bits per heavy atom. The molecule has 0 atom stereocenters. The molecule has 0 saturated carbocycles. The van der Waals surface area contributed by atoms with Crippen LogP contribution in [0.2, 0.25) is 0 Å². The van der Waals surface area contributed by atoms with Crippen molar-refractivity contribution < 1.29 is 27.6 Å². The van der Waals surface area contributed by atoms with Gasteiger partial charge in [0.15, 0.2) is 23.2 Å². The fraction of sp³-hybridized carbons (Fsp3) is 0.0714. The molecule has 0 aromatic heterocycles. The molecule has 9 heteroatoms. The number of carbonyl (C=O) groups excluding carboxylic acids is 1. The number of methoxy groups -OCH3 is 1. The molecule has 0 aliphatic carbocycles. The van der Waals surface area contributed by atoms with E-state index in [2.05, 4.69) is 0 Å². The summed E-state index contributed by atoms with van der Waals surface area (Å²) in [4.78, 5) is 22.1. The van der Waals surface area contributed by atoms with Crippen molar-refractivity contribution in [3.63, 3.8) is 0 Å². The van der Waals surface area contributed by atoms with Gasteiger partial charge in [0.2, 0.25) is 0 Å². The molecule has 2 aromatic carbocycles. The molecule has 6 nitrogen and oxygen atoms in total. The van der Waals surface area contributed by atoms with E-state index in [9.17, 15) is 28.1 Å². The third kappa shape index (κ3) is 3.23. The molecule has 0 aliphatic heterocycles. The van der Waals surface area contributed by atoms with E-state index in [1.165, 1.54) is 19.2 Å². The number of ether oxygens (including phenoxy) is 1. The molecule has 0 aliphatic rings. The SMILES string of the molecule is COc1ccc(C(=O)Nc2ccc(F)c(F)c2F)cc1[N+](=O)[O-]. The molecule has 0 fully saturated rings. The van der Waals surface area contributed by atoms with Crippen LogP contribution < -0.4 is 10.1 Å². The highest BCUT2D eigenvalue weighted by molar-refractivity contribution is 6.04. The van der Waals surface area contributed by atoms with Crippen molar-refractivity contribution >= 4 is 17.3 Å². The molecular weight excluding hydrogens is 317 g/mol. The standard InChI is InChI=1S/C14H9F3N2O4/c1-23-11-5-2-7(6-10(11)19(21)22)14(20)18-9-4-3-8(15)12(16)13(9)17/h2-6H,1H3,(H,18,20). The summed E-state index contributed by atoms with van der Waals surface area (Å²) in [5.41, 5.74) is -1.24. The number of nitrogens with one attached hydrogen (secondary N) is 1. The van der Waals surface area contributed by atoms with E-state index in [4.69, 9.17) is 4.74 Å². The molecule has 120 valence electrons. The third-order valence-electron chi connectivity index (χ3n) is 2.92. The lowest BCUT2D eigenvalue weighted by Gasteiger charge is -2.08. The van der Waals surface area contributed by atoms with Gasteiger partial charge in [-0.1, -0.05) is 0 Å². The van der Waals surface area contributed by atoms with Gasteiger partial charge in [-0.05, 0) is 24.3 Å². The average Bonchev–Trinajstić information content (AvgIpc) is 2.54. The van der Waals surface area contributed by atoms with Gasteiger partial charge in [0.25, 0.3) is 5.91 Å². The fourth-order valence-corrected chi connectivity index (χ4v) is 1.79. The first-order valence-corrected chi connectivity index (χ1v) is 6.12. The van der Waals surface area contributed by atoms with Gasteiger partial charge in [-0.25, -0.2) is 13.2 Å². The molecule has 0 saturated heterocycles. The number of anilines is 1. The molecule has 2 rings (SSSR count). The van der Waals surface area contributed by atoms with Crippen LogP contribution in [0.25, 0.3) is 0 Å². The molecular formula is C14H9F3N2O4. The summed E-state index contributed by atoms with van der Waals surface area (Å²) < 4.78 is 44.2. The lowest BCUT2D eigenvalue weighted by molar-refractivity contribution is -0.385. The van der Waals surface area contributed by atoms with Crippen LogP contribution in [0.15, 0.2) is 30.3 Å². The maximum absolute atomic E-state index is 13.5. The number of carbonyl (C=O) groups is 1. The second kappa shape index (κ2) is 6.34. The van der Waals surface area contributed by atoms with Crippen molar-refractivity contribution in [2.75, 3.05) is 12.4 Å². The molecule has 1 amide bonds. The van der Waals surface area contributed by atoms with Crippen molar-refractivity contribution in [2.45, 2.75) is 0 Å². The van der Waals surface area contributed by atoms with E-state index in [1.807, 2.05) is 5.32 Å². The van der Waals surface area contributed by atoms with Crippen LogP contribution in [-0.4, -0.2) is 17.9 Å². The summed E-state index contributed by atoms with van der Waals surface area (Å²) in [7, 11) is 1.22. The Morgan fingerprint density at radius 2 is 1.87 bits per heavy atom. The van der Waals surface area contributed by atoms with Gasteiger partial charge in [-0.3, -0.25) is 14.9 Å². The molecule has 0 heterocycles. The first kappa shape index (κ1) is 16.3. The van der Waals surface area contributed by atoms with E-state index in [0.29, 0.717) is 6.07 Å². The number of nitro groups is 1. The number of hydrogen-bond donors (Lipinski definition) is 1. The maximum atomic E-state index is 13.5. The van der Waals surface area contributed by atoms with Crippen LogP contribution in [0.4, 0.5) is 24.5 Å². The third-order valence-corrected chi connectivity index (χ3v) is 2.92. The van der Waals surface area contributed by atoms with Gasteiger partial charge in [0.05, 0.1) is 17.7 Å². The summed E-state index contributed by atoms with van der Waals surface area (Å²) in [6, 6.07) is 4.80. The van der Waals surface area contributed by atoms with Gasteiger partial charge in [0.1, 0.15) is 0 Å². The maximum Gasteiger partial charge on any atom is 0.311 e. The Hall–Kier alpha value is -3.10. The van der Waals surface area contributed by atoms with E-state index >= 15 is 0 Å². The fourth-order valence-electron chi connectivity index (χ4n) is 1.79. The Labute approximate surface area is 127 Å². The quantitative estimate of drug-likeness (QED) is 0.531. The largest absolute Gasteiger partial charge is 0.490 e. The zero-order valence-corrected chi connectivity index (χ0v) is 11.6. The molecule has 1 N–H and O–H groups in total. The average molecular weight is 326 g/mol. The summed E-state index contributed by atoms with van der Waals surface area (Å²) in [5, 5.41) is 12.9. The number of hydrogen-bond acceptors (Lipinski definition) is 4. The topological polar surface area (TPSA) is 81.5 Å². The first-order chi connectivity index (χ1) is 10.8. The van der Waals surface area contributed by atoms with Crippen molar-refractivity contribution in [3.8, 4) is 5.75 Å². The zero-order valence-electron chi connectivity index (χ0n) is 11.6. The van der Waals surface area contributed by atoms with Crippen LogP contribution in [0.3, 0.4) is 0 Å². The smallest absolute Gasteiger partial charge is 0.311 e. The first-order valence-electron chi connectivity index (χ1n) is 6.12. The number of nitro benzene ring substituents is 1. The predicted molar refractivity (Wildman–Crippen MR) is 73.9 cm³/mol. The minimum atomic E-state index is -1.73. The predicted octanol–water partition coefficient (Wildman–Crippen LogP) is 3.27. The van der Waals surface area contributed by atoms with Crippen molar-refractivity contribution in [1.82, 2.24) is 0 Å². The highest BCUT2D eigenvalue weighted by atomic mass is 19.2. The van der Waals surface area contributed by atoms with Crippen LogP contribution in [0, 0.1) is 27.6 Å². The number of nitrogens with zero attached hydrogens (tertiary/aromatic N) is 1. The molecule has 23 heavy (non-hydrogen) atoms. The molecule has 0 bridgehead atoms. The number of halogens is 3. The summed E-state index contributed by atoms with van der Waals surface area (Å²) >= 11 is 0. The zero-order chi connectivity index (χ0) is 17.1. The Kier molecular flexibility index (Phi) is 4.49. The normalized spacial score (nSPS) is 10.3. The van der Waals surface area contributed by atoms with Gasteiger partial charge < -0.3 is 10.1 Å². The van der Waals surface area contributed by atoms with Crippen molar-refractivity contribution in [3.05, 3.63) is 63.5 Å². The second-order valence-electron chi connectivity index (χ2n) is 4.32. The van der Waals surface area contributed by atoms with Gasteiger partial charge >= 0.3 is 5.69 Å². The van der Waals surface area contributed by atoms with Crippen LogP contribution >= 0.6 is 0 Å². The minimum Gasteiger partial charge on any atom is -0.490 e. The van der Waals surface area contributed by atoms with E-state index in [-0.39, 0.29) is 11.3 Å². The highest BCUT2D eigenvalue weighted by Gasteiger charge is 2.20. The molecule has 0 radical (unpaired) electrons. The monoisotopic (exact) mass is 326 g/mol. The van der Waals surface area contributed by atoms with E-state index in [0.717, 1.165) is 12.1 Å². The second-order valence-corrected chi connectivity index (χ2v) is 4.32. The lowest BCUT2D eigenvalue weighted by Crippen LogP contribution is -2.14. The van der Waals surface area contributed by atoms with E-state index < -0.39 is 39.7 Å². The minimum absolute atomic E-state index is 0.0643. The van der Waals surface area contributed by atoms with Crippen molar-refractivity contribution in [1.29, 1.82) is 0 Å². The summed E-state index contributed by atoms with van der Waals surface area (Å²) in [5.74, 6) is -5.70. The Bertz CT molecular complexity index is 796. The Balaban J connectivity index is 2.33. The number of amides is 1. The van der Waals surface area contributed by atoms with Crippen LogP contribution in [0.1, 0.15) is 10.4 Å². The molecule has 2 aromatic rings. The van der Waals surface area contributed by atoms with Gasteiger partial charge in [-0.2, -0.15) is 0 Å². The summed E-state index contributed by atoms with van der Waals surface area (Å²) in [6.45, 7) is 0.